The fourth-order valence-corrected chi connectivity index (χ4v) is 3.15. The first kappa shape index (κ1) is 13.8. The van der Waals surface area contributed by atoms with Gasteiger partial charge in [-0.1, -0.05) is 13.8 Å². The third-order valence-electron chi connectivity index (χ3n) is 2.54. The van der Waals surface area contributed by atoms with Crippen LogP contribution in [0.5, 0.6) is 5.75 Å². The van der Waals surface area contributed by atoms with Crippen LogP contribution in [0.25, 0.3) is 0 Å². The number of anilines is 1. The molecule has 0 fully saturated rings. The third kappa shape index (κ3) is 2.70. The minimum atomic E-state index is -3.50. The molecular formula is C11H18N2O3S. The number of nitrogen functional groups attached to an aromatic ring is 1. The van der Waals surface area contributed by atoms with E-state index >= 15 is 0 Å². The lowest BCUT2D eigenvalue weighted by molar-refractivity contribution is 0.414. The summed E-state index contributed by atoms with van der Waals surface area (Å²) in [6, 6.07) is 4.57. The normalized spacial score (nSPS) is 11.8. The minimum Gasteiger partial charge on any atom is -0.497 e. The Labute approximate surface area is 102 Å². The van der Waals surface area contributed by atoms with Crippen LogP contribution in [0.1, 0.15) is 13.8 Å². The van der Waals surface area contributed by atoms with Crippen molar-refractivity contribution in [2.45, 2.75) is 18.7 Å². The van der Waals surface area contributed by atoms with Gasteiger partial charge in [0.15, 0.2) is 0 Å². The zero-order valence-electron chi connectivity index (χ0n) is 10.3. The molecule has 17 heavy (non-hydrogen) atoms. The van der Waals surface area contributed by atoms with Crippen LogP contribution in [-0.4, -0.2) is 32.9 Å². The molecule has 0 saturated carbocycles. The van der Waals surface area contributed by atoms with E-state index in [0.717, 1.165) is 0 Å². The van der Waals surface area contributed by atoms with Gasteiger partial charge < -0.3 is 10.5 Å². The molecule has 2 N–H and O–H groups in total. The zero-order chi connectivity index (χ0) is 13.1. The Hall–Kier alpha value is -1.27. The molecule has 1 aromatic carbocycles. The van der Waals surface area contributed by atoms with E-state index < -0.39 is 10.0 Å². The Morgan fingerprint density at radius 3 is 2.29 bits per heavy atom. The first-order valence-electron chi connectivity index (χ1n) is 5.41. The fourth-order valence-electron chi connectivity index (χ4n) is 1.59. The van der Waals surface area contributed by atoms with Gasteiger partial charge in [0, 0.05) is 19.2 Å². The molecule has 0 aliphatic heterocycles. The van der Waals surface area contributed by atoms with Crippen LogP contribution < -0.4 is 10.5 Å². The van der Waals surface area contributed by atoms with Crippen molar-refractivity contribution in [1.82, 2.24) is 4.31 Å². The number of hydrogen-bond donors (Lipinski definition) is 1. The SMILES string of the molecule is CCN(CC)S(=O)(=O)c1ccc(OC)cc1N. The van der Waals surface area contributed by atoms with Gasteiger partial charge in [-0.05, 0) is 12.1 Å². The van der Waals surface area contributed by atoms with Crippen molar-refractivity contribution >= 4 is 15.7 Å². The quantitative estimate of drug-likeness (QED) is 0.808. The molecule has 5 nitrogen and oxygen atoms in total. The summed E-state index contributed by atoms with van der Waals surface area (Å²) in [7, 11) is -2.00. The summed E-state index contributed by atoms with van der Waals surface area (Å²) in [6.07, 6.45) is 0. The molecule has 0 atom stereocenters. The van der Waals surface area contributed by atoms with Crippen molar-refractivity contribution in [2.24, 2.45) is 0 Å². The van der Waals surface area contributed by atoms with Crippen molar-refractivity contribution in [3.63, 3.8) is 0 Å². The van der Waals surface area contributed by atoms with E-state index in [-0.39, 0.29) is 10.6 Å². The van der Waals surface area contributed by atoms with E-state index in [4.69, 9.17) is 10.5 Å². The Balaban J connectivity index is 3.24. The van der Waals surface area contributed by atoms with Gasteiger partial charge in [0.1, 0.15) is 10.6 Å². The number of methoxy groups -OCH3 is 1. The molecule has 6 heteroatoms. The maximum atomic E-state index is 12.2. The van der Waals surface area contributed by atoms with Crippen LogP contribution in [-0.2, 0) is 10.0 Å². The van der Waals surface area contributed by atoms with E-state index in [0.29, 0.717) is 18.8 Å². The maximum Gasteiger partial charge on any atom is 0.245 e. The smallest absolute Gasteiger partial charge is 0.245 e. The first-order valence-corrected chi connectivity index (χ1v) is 6.85. The van der Waals surface area contributed by atoms with Gasteiger partial charge in [-0.25, -0.2) is 8.42 Å². The average Bonchev–Trinajstić information content (AvgIpc) is 2.29. The standard InChI is InChI=1S/C11H18N2O3S/c1-4-13(5-2)17(14,15)11-7-6-9(16-3)8-10(11)12/h6-8H,4-5,12H2,1-3H3. The molecule has 0 spiro atoms. The summed E-state index contributed by atoms with van der Waals surface area (Å²) in [6.45, 7) is 4.43. The maximum absolute atomic E-state index is 12.2. The lowest BCUT2D eigenvalue weighted by Crippen LogP contribution is -2.31. The third-order valence-corrected chi connectivity index (χ3v) is 4.66. The summed E-state index contributed by atoms with van der Waals surface area (Å²) < 4.78 is 30.8. The molecule has 0 amide bonds. The Morgan fingerprint density at radius 2 is 1.88 bits per heavy atom. The number of rotatable bonds is 5. The van der Waals surface area contributed by atoms with Crippen LogP contribution in [0.4, 0.5) is 5.69 Å². The van der Waals surface area contributed by atoms with Crippen LogP contribution in [0.3, 0.4) is 0 Å². The largest absolute Gasteiger partial charge is 0.497 e. The average molecular weight is 258 g/mol. The second-order valence-corrected chi connectivity index (χ2v) is 5.40. The van der Waals surface area contributed by atoms with Crippen molar-refractivity contribution in [3.05, 3.63) is 18.2 Å². The van der Waals surface area contributed by atoms with Gasteiger partial charge in [-0.15, -0.1) is 0 Å². The van der Waals surface area contributed by atoms with Crippen molar-refractivity contribution in [2.75, 3.05) is 25.9 Å². The molecule has 0 aromatic heterocycles. The van der Waals surface area contributed by atoms with Gasteiger partial charge in [0.25, 0.3) is 0 Å². The molecule has 0 heterocycles. The summed E-state index contributed by atoms with van der Waals surface area (Å²) in [4.78, 5) is 0.127. The van der Waals surface area contributed by atoms with E-state index in [2.05, 4.69) is 0 Å². The summed E-state index contributed by atoms with van der Waals surface area (Å²) in [5, 5.41) is 0. The molecule has 1 rings (SSSR count). The molecule has 96 valence electrons. The number of hydrogen-bond acceptors (Lipinski definition) is 4. The fraction of sp³-hybridized carbons (Fsp3) is 0.455. The Kier molecular flexibility index (Phi) is 4.36. The molecule has 0 bridgehead atoms. The van der Waals surface area contributed by atoms with Crippen LogP contribution in [0, 0.1) is 0 Å². The molecule has 0 unspecified atom stereocenters. The number of nitrogens with two attached hydrogens (primary N) is 1. The van der Waals surface area contributed by atoms with E-state index in [1.165, 1.54) is 23.5 Å². The molecule has 0 saturated heterocycles. The van der Waals surface area contributed by atoms with Gasteiger partial charge in [0.2, 0.25) is 10.0 Å². The highest BCUT2D eigenvalue weighted by Crippen LogP contribution is 2.26. The molecular weight excluding hydrogens is 240 g/mol. The lowest BCUT2D eigenvalue weighted by Gasteiger charge is -2.19. The second-order valence-electron chi connectivity index (χ2n) is 3.49. The van der Waals surface area contributed by atoms with Crippen LogP contribution >= 0.6 is 0 Å². The number of nitrogens with zero attached hydrogens (tertiary/aromatic N) is 1. The summed E-state index contributed by atoms with van der Waals surface area (Å²) >= 11 is 0. The van der Waals surface area contributed by atoms with Gasteiger partial charge in [0.05, 0.1) is 12.8 Å². The highest BCUT2D eigenvalue weighted by molar-refractivity contribution is 7.89. The summed E-state index contributed by atoms with van der Waals surface area (Å²) in [5.74, 6) is 0.543. The molecule has 0 aliphatic rings. The predicted molar refractivity (Wildman–Crippen MR) is 67.5 cm³/mol. The molecule has 0 aliphatic carbocycles. The number of benzene rings is 1. The number of sulfonamides is 1. The summed E-state index contributed by atoms with van der Waals surface area (Å²) in [5.41, 5.74) is 5.95. The second kappa shape index (κ2) is 5.37. The minimum absolute atomic E-state index is 0.127. The number of ether oxygens (including phenoxy) is 1. The van der Waals surface area contributed by atoms with Gasteiger partial charge >= 0.3 is 0 Å². The first-order chi connectivity index (χ1) is 7.97. The zero-order valence-corrected chi connectivity index (χ0v) is 11.1. The predicted octanol–water partition coefficient (Wildman–Crippen LogP) is 1.31. The molecule has 1 aromatic rings. The topological polar surface area (TPSA) is 72.6 Å². The highest BCUT2D eigenvalue weighted by atomic mass is 32.2. The van der Waals surface area contributed by atoms with E-state index in [1.54, 1.807) is 19.9 Å². The Bertz CT molecular complexity index is 481. The van der Waals surface area contributed by atoms with Crippen molar-refractivity contribution in [3.8, 4) is 5.75 Å². The van der Waals surface area contributed by atoms with E-state index in [1.807, 2.05) is 0 Å². The Morgan fingerprint density at radius 1 is 1.29 bits per heavy atom. The van der Waals surface area contributed by atoms with E-state index in [9.17, 15) is 8.42 Å². The van der Waals surface area contributed by atoms with Crippen LogP contribution in [0.2, 0.25) is 0 Å². The van der Waals surface area contributed by atoms with Gasteiger partial charge in [-0.3, -0.25) is 0 Å². The highest BCUT2D eigenvalue weighted by Gasteiger charge is 2.23. The lowest BCUT2D eigenvalue weighted by atomic mass is 10.3. The molecule has 0 radical (unpaired) electrons. The monoisotopic (exact) mass is 258 g/mol. The van der Waals surface area contributed by atoms with Crippen LogP contribution in [0.15, 0.2) is 23.1 Å². The van der Waals surface area contributed by atoms with Crippen molar-refractivity contribution in [1.29, 1.82) is 0 Å². The van der Waals surface area contributed by atoms with Crippen molar-refractivity contribution < 1.29 is 13.2 Å². The van der Waals surface area contributed by atoms with Gasteiger partial charge in [-0.2, -0.15) is 4.31 Å².